The molecule has 2 rings (SSSR count). The highest BCUT2D eigenvalue weighted by Crippen LogP contribution is 2.21. The van der Waals surface area contributed by atoms with Gasteiger partial charge in [-0.25, -0.2) is 4.99 Å². The molecule has 6 nitrogen and oxygen atoms in total. The number of nitrogens with two attached hydrogens (primary N) is 1. The standard InChI is InChI=1S/C21H28N4O2S/c1-3-23-21(24-13-16(2)28-19-10-5-4-6-11-19)25-14-17-8-7-9-18(12-17)27-15-20(22)26/h4-12,16H,3,13-15H2,1-2H3,(H2,22,26)(H2,23,24,25). The molecule has 0 saturated carbocycles. The number of amides is 1. The summed E-state index contributed by atoms with van der Waals surface area (Å²) in [5, 5.41) is 7.06. The highest BCUT2D eigenvalue weighted by atomic mass is 32.2. The molecular formula is C21H28N4O2S. The van der Waals surface area contributed by atoms with Crippen LogP contribution in [0.5, 0.6) is 5.75 Å². The van der Waals surface area contributed by atoms with Crippen LogP contribution in [0.1, 0.15) is 19.4 Å². The summed E-state index contributed by atoms with van der Waals surface area (Å²) in [4.78, 5) is 16.7. The van der Waals surface area contributed by atoms with Gasteiger partial charge in [0, 0.05) is 23.2 Å². The highest BCUT2D eigenvalue weighted by Gasteiger charge is 2.06. The Morgan fingerprint density at radius 1 is 1.18 bits per heavy atom. The molecule has 0 fully saturated rings. The van der Waals surface area contributed by atoms with E-state index in [-0.39, 0.29) is 6.61 Å². The van der Waals surface area contributed by atoms with Gasteiger partial charge in [0.15, 0.2) is 12.6 Å². The number of carbonyl (C=O) groups excluding carboxylic acids is 1. The van der Waals surface area contributed by atoms with Gasteiger partial charge in [-0.3, -0.25) is 4.79 Å². The largest absolute Gasteiger partial charge is 0.484 e. The molecule has 0 heterocycles. The molecule has 0 spiro atoms. The van der Waals surface area contributed by atoms with Crippen molar-refractivity contribution in [1.82, 2.24) is 10.6 Å². The maximum absolute atomic E-state index is 10.8. The Labute approximate surface area is 171 Å². The van der Waals surface area contributed by atoms with Crippen LogP contribution in [0.2, 0.25) is 0 Å². The average Bonchev–Trinajstić information content (AvgIpc) is 2.69. The number of thioether (sulfide) groups is 1. The normalized spacial score (nSPS) is 12.3. The lowest BCUT2D eigenvalue weighted by Gasteiger charge is -2.16. The van der Waals surface area contributed by atoms with Crippen LogP contribution in [0.4, 0.5) is 0 Å². The van der Waals surface area contributed by atoms with Crippen LogP contribution < -0.4 is 21.1 Å². The van der Waals surface area contributed by atoms with Crippen molar-refractivity contribution in [1.29, 1.82) is 0 Å². The van der Waals surface area contributed by atoms with Crippen LogP contribution in [-0.2, 0) is 11.3 Å². The average molecular weight is 401 g/mol. The van der Waals surface area contributed by atoms with Crippen molar-refractivity contribution in [3.05, 3.63) is 60.2 Å². The van der Waals surface area contributed by atoms with Crippen LogP contribution in [-0.4, -0.2) is 36.8 Å². The van der Waals surface area contributed by atoms with Crippen LogP contribution in [0, 0.1) is 0 Å². The number of carbonyl (C=O) groups is 1. The Morgan fingerprint density at radius 2 is 1.96 bits per heavy atom. The minimum absolute atomic E-state index is 0.131. The van der Waals surface area contributed by atoms with Crippen molar-refractivity contribution >= 4 is 23.6 Å². The van der Waals surface area contributed by atoms with Gasteiger partial charge in [0.1, 0.15) is 5.75 Å². The Kier molecular flexibility index (Phi) is 9.21. The number of hydrogen-bond acceptors (Lipinski definition) is 4. The zero-order chi connectivity index (χ0) is 20.2. The number of hydrogen-bond donors (Lipinski definition) is 3. The summed E-state index contributed by atoms with van der Waals surface area (Å²) in [6, 6.07) is 17.9. The number of nitrogens with one attached hydrogen (secondary N) is 2. The van der Waals surface area contributed by atoms with E-state index in [2.05, 4.69) is 46.8 Å². The first-order chi connectivity index (χ1) is 13.6. The van der Waals surface area contributed by atoms with E-state index in [9.17, 15) is 4.79 Å². The van der Waals surface area contributed by atoms with Gasteiger partial charge in [-0.2, -0.15) is 0 Å². The number of guanidine groups is 1. The topological polar surface area (TPSA) is 88.7 Å². The molecule has 0 bridgehead atoms. The SMILES string of the molecule is CCNC(=NCc1cccc(OCC(N)=O)c1)NCC(C)Sc1ccccc1. The first-order valence-electron chi connectivity index (χ1n) is 9.30. The Hall–Kier alpha value is -2.67. The second-order valence-corrected chi connectivity index (χ2v) is 7.73. The summed E-state index contributed by atoms with van der Waals surface area (Å²) in [5.41, 5.74) is 6.10. The lowest BCUT2D eigenvalue weighted by atomic mass is 10.2. The quantitative estimate of drug-likeness (QED) is 0.324. The molecule has 1 unspecified atom stereocenters. The van der Waals surface area contributed by atoms with Gasteiger partial charge in [-0.1, -0.05) is 37.3 Å². The van der Waals surface area contributed by atoms with Crippen molar-refractivity contribution in [2.45, 2.75) is 30.5 Å². The Morgan fingerprint density at radius 3 is 2.68 bits per heavy atom. The van der Waals surface area contributed by atoms with E-state index in [1.165, 1.54) is 4.90 Å². The second-order valence-electron chi connectivity index (χ2n) is 6.22. The Balaban J connectivity index is 1.89. The van der Waals surface area contributed by atoms with Gasteiger partial charge in [-0.15, -0.1) is 11.8 Å². The molecule has 4 N–H and O–H groups in total. The summed E-state index contributed by atoms with van der Waals surface area (Å²) in [6.07, 6.45) is 0. The number of rotatable bonds is 10. The van der Waals surface area contributed by atoms with E-state index >= 15 is 0 Å². The third-order valence-electron chi connectivity index (χ3n) is 3.68. The molecule has 2 aromatic carbocycles. The van der Waals surface area contributed by atoms with Crippen LogP contribution in [0.25, 0.3) is 0 Å². The number of aliphatic imine (C=N–C) groups is 1. The van der Waals surface area contributed by atoms with Crippen molar-refractivity contribution < 1.29 is 9.53 Å². The molecule has 0 aliphatic rings. The second kappa shape index (κ2) is 11.9. The first-order valence-corrected chi connectivity index (χ1v) is 10.2. The van der Waals surface area contributed by atoms with Gasteiger partial charge in [0.2, 0.25) is 0 Å². The molecule has 150 valence electrons. The van der Waals surface area contributed by atoms with E-state index in [0.717, 1.165) is 24.6 Å². The molecule has 0 radical (unpaired) electrons. The van der Waals surface area contributed by atoms with E-state index in [4.69, 9.17) is 10.5 Å². The summed E-state index contributed by atoms with van der Waals surface area (Å²) in [5.74, 6) is 0.883. The molecule has 1 atom stereocenters. The van der Waals surface area contributed by atoms with Crippen molar-refractivity contribution in [2.24, 2.45) is 10.7 Å². The van der Waals surface area contributed by atoms with Gasteiger partial charge in [-0.05, 0) is 36.8 Å². The fourth-order valence-electron chi connectivity index (χ4n) is 2.41. The smallest absolute Gasteiger partial charge is 0.255 e. The lowest BCUT2D eigenvalue weighted by Crippen LogP contribution is -2.40. The van der Waals surface area contributed by atoms with Crippen molar-refractivity contribution in [3.8, 4) is 5.75 Å². The number of benzene rings is 2. The maximum Gasteiger partial charge on any atom is 0.255 e. The maximum atomic E-state index is 10.8. The molecule has 28 heavy (non-hydrogen) atoms. The predicted octanol–water partition coefficient (Wildman–Crippen LogP) is 2.79. The van der Waals surface area contributed by atoms with Crippen molar-refractivity contribution in [2.75, 3.05) is 19.7 Å². The zero-order valence-corrected chi connectivity index (χ0v) is 17.2. The monoisotopic (exact) mass is 400 g/mol. The zero-order valence-electron chi connectivity index (χ0n) is 16.4. The van der Waals surface area contributed by atoms with E-state index in [1.807, 2.05) is 43.0 Å². The molecule has 0 aromatic heterocycles. The molecule has 2 aromatic rings. The summed E-state index contributed by atoms with van der Waals surface area (Å²) in [7, 11) is 0. The summed E-state index contributed by atoms with van der Waals surface area (Å²) >= 11 is 1.83. The minimum atomic E-state index is -0.496. The third kappa shape index (κ3) is 8.35. The van der Waals surface area contributed by atoms with E-state index in [1.54, 1.807) is 6.07 Å². The van der Waals surface area contributed by atoms with E-state index in [0.29, 0.717) is 17.5 Å². The third-order valence-corrected chi connectivity index (χ3v) is 4.79. The van der Waals surface area contributed by atoms with Gasteiger partial charge >= 0.3 is 0 Å². The fourth-order valence-corrected chi connectivity index (χ4v) is 3.36. The summed E-state index contributed by atoms with van der Waals surface area (Å²) < 4.78 is 5.34. The molecular weight excluding hydrogens is 372 g/mol. The fraction of sp³-hybridized carbons (Fsp3) is 0.333. The predicted molar refractivity (Wildman–Crippen MR) is 116 cm³/mol. The Bertz CT molecular complexity index is 768. The van der Waals surface area contributed by atoms with E-state index < -0.39 is 5.91 Å². The number of ether oxygens (including phenoxy) is 1. The molecule has 7 heteroatoms. The lowest BCUT2D eigenvalue weighted by molar-refractivity contribution is -0.119. The van der Waals surface area contributed by atoms with Crippen LogP contribution in [0.3, 0.4) is 0 Å². The van der Waals surface area contributed by atoms with Crippen LogP contribution in [0.15, 0.2) is 64.5 Å². The summed E-state index contributed by atoms with van der Waals surface area (Å²) in [6.45, 7) is 6.18. The molecule has 0 aliphatic heterocycles. The van der Waals surface area contributed by atoms with Crippen molar-refractivity contribution in [3.63, 3.8) is 0 Å². The highest BCUT2D eigenvalue weighted by molar-refractivity contribution is 8.00. The first kappa shape index (κ1) is 21.6. The van der Waals surface area contributed by atoms with Crippen LogP contribution >= 0.6 is 11.8 Å². The number of primary amides is 1. The molecule has 0 saturated heterocycles. The minimum Gasteiger partial charge on any atom is -0.484 e. The number of nitrogens with zero attached hydrogens (tertiary/aromatic N) is 1. The molecule has 0 aliphatic carbocycles. The van der Waals surface area contributed by atoms with Gasteiger partial charge in [0.05, 0.1) is 6.54 Å². The van der Waals surface area contributed by atoms with Gasteiger partial charge in [0.25, 0.3) is 5.91 Å². The van der Waals surface area contributed by atoms with Gasteiger partial charge < -0.3 is 21.1 Å². The molecule has 1 amide bonds.